The van der Waals surface area contributed by atoms with Gasteiger partial charge in [0.2, 0.25) is 0 Å². The molecule has 1 aromatic carbocycles. The van der Waals surface area contributed by atoms with Crippen LogP contribution in [0, 0.1) is 12.8 Å². The summed E-state index contributed by atoms with van der Waals surface area (Å²) in [5, 5.41) is 0. The molecule has 0 spiro atoms. The van der Waals surface area contributed by atoms with Crippen LogP contribution in [-0.4, -0.2) is 17.7 Å². The lowest BCUT2D eigenvalue weighted by atomic mass is 9.86. The molecule has 0 aromatic heterocycles. The molecule has 0 aliphatic rings. The number of ether oxygens (including phenoxy) is 1. The number of carbonyl (C=O) groups excluding carboxylic acids is 1. The Balaban J connectivity index is 3.17. The predicted molar refractivity (Wildman–Crippen MR) is 75.0 cm³/mol. The number of rotatable bonds is 3. The Morgan fingerprint density at radius 3 is 1.95 bits per heavy atom. The molecule has 0 amide bonds. The van der Waals surface area contributed by atoms with Gasteiger partial charge in [-0.05, 0) is 33.3 Å². The van der Waals surface area contributed by atoms with Gasteiger partial charge in [-0.3, -0.25) is 4.79 Å². The zero-order valence-corrected chi connectivity index (χ0v) is 12.9. The van der Waals surface area contributed by atoms with E-state index in [9.17, 15) is 18.0 Å². The number of hydrogen-bond acceptors (Lipinski definition) is 2. The Labute approximate surface area is 123 Å². The van der Waals surface area contributed by atoms with Crippen molar-refractivity contribution >= 4 is 5.97 Å². The summed E-state index contributed by atoms with van der Waals surface area (Å²) in [5.74, 6) is -4.02. The van der Waals surface area contributed by atoms with E-state index in [1.165, 1.54) is 0 Å². The maximum Gasteiger partial charge on any atom is 0.392 e. The lowest BCUT2D eigenvalue weighted by molar-refractivity contribution is -0.190. The zero-order valence-electron chi connectivity index (χ0n) is 12.9. The van der Waals surface area contributed by atoms with Gasteiger partial charge in [0.15, 0.2) is 0 Å². The second-order valence-electron chi connectivity index (χ2n) is 6.25. The first-order chi connectivity index (χ1) is 9.42. The third kappa shape index (κ3) is 5.06. The van der Waals surface area contributed by atoms with Crippen LogP contribution in [0.15, 0.2) is 24.3 Å². The van der Waals surface area contributed by atoms with Gasteiger partial charge in [-0.25, -0.2) is 0 Å². The Kier molecular flexibility index (Phi) is 5.07. The number of benzene rings is 1. The van der Waals surface area contributed by atoms with Gasteiger partial charge in [0.05, 0.1) is 11.8 Å². The van der Waals surface area contributed by atoms with E-state index in [1.807, 2.05) is 6.92 Å². The van der Waals surface area contributed by atoms with Gasteiger partial charge in [0.25, 0.3) is 0 Å². The van der Waals surface area contributed by atoms with Crippen LogP contribution in [0.2, 0.25) is 0 Å². The summed E-state index contributed by atoms with van der Waals surface area (Å²) in [6.07, 6.45) is -4.47. The van der Waals surface area contributed by atoms with Crippen LogP contribution in [0.3, 0.4) is 0 Å². The highest BCUT2D eigenvalue weighted by atomic mass is 19.4. The molecule has 118 valence electrons. The second kappa shape index (κ2) is 6.08. The van der Waals surface area contributed by atoms with E-state index in [1.54, 1.807) is 45.0 Å². The Morgan fingerprint density at radius 1 is 1.10 bits per heavy atom. The molecule has 2 atom stereocenters. The van der Waals surface area contributed by atoms with Crippen molar-refractivity contribution in [2.75, 3.05) is 0 Å². The summed E-state index contributed by atoms with van der Waals surface area (Å²) in [7, 11) is 0. The van der Waals surface area contributed by atoms with Gasteiger partial charge < -0.3 is 4.74 Å². The summed E-state index contributed by atoms with van der Waals surface area (Å²) in [5.41, 5.74) is 0.409. The molecule has 0 fully saturated rings. The summed E-state index contributed by atoms with van der Waals surface area (Å²) in [4.78, 5) is 12.2. The number of hydrogen-bond donors (Lipinski definition) is 0. The fourth-order valence-electron chi connectivity index (χ4n) is 1.96. The van der Waals surface area contributed by atoms with E-state index < -0.39 is 29.6 Å². The van der Waals surface area contributed by atoms with Crippen LogP contribution in [0.4, 0.5) is 13.2 Å². The first kappa shape index (κ1) is 17.5. The average molecular weight is 302 g/mol. The summed E-state index contributed by atoms with van der Waals surface area (Å²) in [6.45, 7) is 7.74. The predicted octanol–water partition coefficient (Wildman–Crippen LogP) is 4.62. The van der Waals surface area contributed by atoms with Crippen molar-refractivity contribution in [3.8, 4) is 0 Å². The van der Waals surface area contributed by atoms with Crippen molar-refractivity contribution in [3.05, 3.63) is 35.4 Å². The topological polar surface area (TPSA) is 26.3 Å². The van der Waals surface area contributed by atoms with Crippen LogP contribution in [-0.2, 0) is 9.53 Å². The average Bonchev–Trinajstić information content (AvgIpc) is 2.28. The van der Waals surface area contributed by atoms with Gasteiger partial charge in [0, 0.05) is 0 Å². The molecule has 5 heteroatoms. The van der Waals surface area contributed by atoms with E-state index in [-0.39, 0.29) is 0 Å². The minimum Gasteiger partial charge on any atom is -0.459 e. The summed E-state index contributed by atoms with van der Waals surface area (Å²) < 4.78 is 44.3. The molecule has 1 aromatic rings. The molecule has 0 saturated carbocycles. The number of aryl methyl sites for hydroxylation is 1. The van der Waals surface area contributed by atoms with Crippen molar-refractivity contribution in [1.82, 2.24) is 0 Å². The van der Waals surface area contributed by atoms with Crippen LogP contribution in [0.1, 0.15) is 44.7 Å². The van der Waals surface area contributed by atoms with Gasteiger partial charge >= 0.3 is 12.1 Å². The molecule has 2 nitrogen and oxygen atoms in total. The lowest BCUT2D eigenvalue weighted by Gasteiger charge is -2.28. The van der Waals surface area contributed by atoms with E-state index in [0.29, 0.717) is 5.56 Å². The quantitative estimate of drug-likeness (QED) is 0.762. The fraction of sp³-hybridized carbons (Fsp3) is 0.562. The molecule has 0 N–H and O–H groups in total. The maximum absolute atomic E-state index is 13.0. The molecule has 0 aliphatic heterocycles. The molecule has 2 unspecified atom stereocenters. The fourth-order valence-corrected chi connectivity index (χ4v) is 1.96. The summed E-state index contributed by atoms with van der Waals surface area (Å²) >= 11 is 0. The molecule has 0 radical (unpaired) electrons. The largest absolute Gasteiger partial charge is 0.459 e. The van der Waals surface area contributed by atoms with Crippen molar-refractivity contribution in [2.45, 2.75) is 52.3 Å². The van der Waals surface area contributed by atoms with Crippen molar-refractivity contribution in [1.29, 1.82) is 0 Å². The highest BCUT2D eigenvalue weighted by Crippen LogP contribution is 2.38. The molecule has 21 heavy (non-hydrogen) atoms. The Hall–Kier alpha value is -1.52. The molecule has 1 rings (SSSR count). The Morgan fingerprint density at radius 2 is 1.57 bits per heavy atom. The van der Waals surface area contributed by atoms with Crippen LogP contribution in [0.5, 0.6) is 0 Å². The SMILES string of the molecule is Cc1ccc(C(C(=O)OC(C)(C)C)C(C)C(F)(F)F)cc1. The van der Waals surface area contributed by atoms with Gasteiger partial charge in [-0.15, -0.1) is 0 Å². The van der Waals surface area contributed by atoms with E-state index in [0.717, 1.165) is 12.5 Å². The number of carbonyl (C=O) groups is 1. The van der Waals surface area contributed by atoms with Crippen LogP contribution >= 0.6 is 0 Å². The second-order valence-corrected chi connectivity index (χ2v) is 6.25. The molecule has 0 heterocycles. The van der Waals surface area contributed by atoms with Gasteiger partial charge in [-0.1, -0.05) is 36.8 Å². The summed E-state index contributed by atoms with van der Waals surface area (Å²) in [6, 6.07) is 6.48. The Bertz CT molecular complexity index is 484. The minimum absolute atomic E-state index is 0.319. The third-order valence-electron chi connectivity index (χ3n) is 3.11. The molecular formula is C16H21F3O2. The van der Waals surface area contributed by atoms with E-state index in [2.05, 4.69) is 0 Å². The molecule has 0 bridgehead atoms. The molecule has 0 saturated heterocycles. The number of esters is 1. The van der Waals surface area contributed by atoms with E-state index >= 15 is 0 Å². The number of alkyl halides is 3. The van der Waals surface area contributed by atoms with Crippen molar-refractivity contribution in [3.63, 3.8) is 0 Å². The van der Waals surface area contributed by atoms with Crippen LogP contribution in [0.25, 0.3) is 0 Å². The highest BCUT2D eigenvalue weighted by Gasteiger charge is 2.46. The monoisotopic (exact) mass is 302 g/mol. The van der Waals surface area contributed by atoms with Gasteiger partial charge in [0.1, 0.15) is 5.60 Å². The molecule has 0 aliphatic carbocycles. The number of halogens is 3. The minimum atomic E-state index is -4.47. The lowest BCUT2D eigenvalue weighted by Crippen LogP contribution is -2.35. The zero-order chi connectivity index (χ0) is 16.4. The third-order valence-corrected chi connectivity index (χ3v) is 3.11. The highest BCUT2D eigenvalue weighted by molar-refractivity contribution is 5.79. The van der Waals surface area contributed by atoms with Crippen LogP contribution < -0.4 is 0 Å². The van der Waals surface area contributed by atoms with Crippen molar-refractivity contribution < 1.29 is 22.7 Å². The normalized spacial score (nSPS) is 15.4. The van der Waals surface area contributed by atoms with Gasteiger partial charge in [-0.2, -0.15) is 13.2 Å². The molecular weight excluding hydrogens is 281 g/mol. The maximum atomic E-state index is 13.0. The van der Waals surface area contributed by atoms with E-state index in [4.69, 9.17) is 4.74 Å². The standard InChI is InChI=1S/C16H21F3O2/c1-10-6-8-12(9-7-10)13(11(2)16(17,18)19)14(20)21-15(3,4)5/h6-9,11,13H,1-5H3. The first-order valence-electron chi connectivity index (χ1n) is 6.78. The smallest absolute Gasteiger partial charge is 0.392 e. The van der Waals surface area contributed by atoms with Crippen molar-refractivity contribution in [2.24, 2.45) is 5.92 Å². The first-order valence-corrected chi connectivity index (χ1v) is 6.78.